The average Bonchev–Trinajstić information content (AvgIpc) is 2.27. The molecule has 0 spiro atoms. The number of hydrogen-bond donors (Lipinski definition) is 2. The zero-order valence-electron chi connectivity index (χ0n) is 11.0. The standard InChI is InChI=1S/C13H16BrFN2O2/c1-13(2,3)17-10(18)7-16-12(19)8-5-4-6-9(14)11(8)15/h4-6H,7H2,1-3H3,(H,16,19)(H,17,18). The smallest absolute Gasteiger partial charge is 0.254 e. The number of rotatable bonds is 3. The number of carbonyl (C=O) groups is 2. The van der Waals surface area contributed by atoms with Crippen LogP contribution in [0.4, 0.5) is 4.39 Å². The van der Waals surface area contributed by atoms with Crippen molar-refractivity contribution in [1.29, 1.82) is 0 Å². The topological polar surface area (TPSA) is 58.2 Å². The summed E-state index contributed by atoms with van der Waals surface area (Å²) in [6, 6.07) is 4.41. The Bertz CT molecular complexity index is 498. The van der Waals surface area contributed by atoms with Gasteiger partial charge < -0.3 is 10.6 Å². The fourth-order valence-electron chi connectivity index (χ4n) is 1.40. The van der Waals surface area contributed by atoms with Crippen LogP contribution in [0, 0.1) is 5.82 Å². The van der Waals surface area contributed by atoms with E-state index in [-0.39, 0.29) is 28.0 Å². The summed E-state index contributed by atoms with van der Waals surface area (Å²) in [6.07, 6.45) is 0. The van der Waals surface area contributed by atoms with Crippen molar-refractivity contribution in [3.05, 3.63) is 34.1 Å². The maximum Gasteiger partial charge on any atom is 0.254 e. The Kier molecular flexibility index (Phi) is 5.05. The zero-order valence-corrected chi connectivity index (χ0v) is 12.6. The summed E-state index contributed by atoms with van der Waals surface area (Å²) in [5, 5.41) is 5.07. The predicted molar refractivity (Wildman–Crippen MR) is 74.3 cm³/mol. The summed E-state index contributed by atoms with van der Waals surface area (Å²) < 4.78 is 13.8. The number of benzene rings is 1. The monoisotopic (exact) mass is 330 g/mol. The fraction of sp³-hybridized carbons (Fsp3) is 0.385. The van der Waals surface area contributed by atoms with Gasteiger partial charge in [0.1, 0.15) is 5.82 Å². The summed E-state index contributed by atoms with van der Waals surface area (Å²) in [5.41, 5.74) is -0.471. The third-order valence-corrected chi connectivity index (χ3v) is 2.73. The van der Waals surface area contributed by atoms with Gasteiger partial charge in [0.15, 0.2) is 0 Å². The van der Waals surface area contributed by atoms with Crippen molar-refractivity contribution in [3.8, 4) is 0 Å². The van der Waals surface area contributed by atoms with E-state index in [0.29, 0.717) is 0 Å². The molecule has 6 heteroatoms. The first kappa shape index (κ1) is 15.6. The molecule has 2 N–H and O–H groups in total. The molecule has 2 amide bonds. The lowest BCUT2D eigenvalue weighted by Gasteiger charge is -2.20. The molecule has 1 rings (SSSR count). The van der Waals surface area contributed by atoms with E-state index in [0.717, 1.165) is 0 Å². The number of hydrogen-bond acceptors (Lipinski definition) is 2. The van der Waals surface area contributed by atoms with Gasteiger partial charge in [-0.05, 0) is 48.8 Å². The van der Waals surface area contributed by atoms with Crippen LogP contribution in [0.5, 0.6) is 0 Å². The molecule has 0 fully saturated rings. The van der Waals surface area contributed by atoms with Crippen LogP contribution in [-0.4, -0.2) is 23.9 Å². The van der Waals surface area contributed by atoms with E-state index in [2.05, 4.69) is 26.6 Å². The summed E-state index contributed by atoms with van der Waals surface area (Å²) in [5.74, 6) is -1.59. The molecule has 0 heterocycles. The first-order chi connectivity index (χ1) is 8.70. The molecule has 0 aliphatic carbocycles. The number of nitrogens with one attached hydrogen (secondary N) is 2. The minimum atomic E-state index is -0.642. The quantitative estimate of drug-likeness (QED) is 0.892. The molecular weight excluding hydrogens is 315 g/mol. The van der Waals surface area contributed by atoms with Crippen LogP contribution in [-0.2, 0) is 4.79 Å². The van der Waals surface area contributed by atoms with E-state index in [1.807, 2.05) is 20.8 Å². The second-order valence-electron chi connectivity index (χ2n) is 5.08. The van der Waals surface area contributed by atoms with E-state index < -0.39 is 11.7 Å². The van der Waals surface area contributed by atoms with Gasteiger partial charge in [0, 0.05) is 5.54 Å². The van der Waals surface area contributed by atoms with Crippen molar-refractivity contribution in [2.24, 2.45) is 0 Å². The summed E-state index contributed by atoms with van der Waals surface area (Å²) in [7, 11) is 0. The van der Waals surface area contributed by atoms with Gasteiger partial charge in [-0.15, -0.1) is 0 Å². The molecule has 0 saturated carbocycles. The minimum Gasteiger partial charge on any atom is -0.350 e. The van der Waals surface area contributed by atoms with Crippen molar-refractivity contribution in [2.75, 3.05) is 6.54 Å². The van der Waals surface area contributed by atoms with Crippen molar-refractivity contribution in [3.63, 3.8) is 0 Å². The lowest BCUT2D eigenvalue weighted by molar-refractivity contribution is -0.121. The molecule has 0 aliphatic heterocycles. The van der Waals surface area contributed by atoms with Gasteiger partial charge in [-0.3, -0.25) is 9.59 Å². The number of halogens is 2. The SMILES string of the molecule is CC(C)(C)NC(=O)CNC(=O)c1cccc(Br)c1F. The van der Waals surface area contributed by atoms with Crippen molar-refractivity contribution < 1.29 is 14.0 Å². The maximum atomic E-state index is 13.6. The second-order valence-corrected chi connectivity index (χ2v) is 5.94. The highest BCUT2D eigenvalue weighted by Gasteiger charge is 2.17. The molecule has 0 radical (unpaired) electrons. The molecule has 1 aromatic rings. The van der Waals surface area contributed by atoms with Crippen molar-refractivity contribution in [2.45, 2.75) is 26.3 Å². The van der Waals surface area contributed by atoms with E-state index in [1.54, 1.807) is 6.07 Å². The molecule has 0 aromatic heterocycles. The molecule has 4 nitrogen and oxygen atoms in total. The molecule has 0 atom stereocenters. The van der Waals surface area contributed by atoms with E-state index in [4.69, 9.17) is 0 Å². The Morgan fingerprint density at radius 2 is 1.95 bits per heavy atom. The molecule has 0 saturated heterocycles. The second kappa shape index (κ2) is 6.14. The Morgan fingerprint density at radius 3 is 2.53 bits per heavy atom. The average molecular weight is 331 g/mol. The summed E-state index contributed by atoms with van der Waals surface area (Å²) in [4.78, 5) is 23.3. The van der Waals surface area contributed by atoms with Gasteiger partial charge in [-0.25, -0.2) is 4.39 Å². The van der Waals surface area contributed by atoms with Crippen LogP contribution < -0.4 is 10.6 Å². The van der Waals surface area contributed by atoms with E-state index >= 15 is 0 Å². The molecule has 0 unspecified atom stereocenters. The van der Waals surface area contributed by atoms with E-state index in [9.17, 15) is 14.0 Å². The molecule has 0 bridgehead atoms. The molecule has 0 aliphatic rings. The number of carbonyl (C=O) groups excluding carboxylic acids is 2. The van der Waals surface area contributed by atoms with Crippen molar-refractivity contribution >= 4 is 27.7 Å². The highest BCUT2D eigenvalue weighted by Crippen LogP contribution is 2.18. The number of amides is 2. The van der Waals surface area contributed by atoms with Gasteiger partial charge >= 0.3 is 0 Å². The highest BCUT2D eigenvalue weighted by molar-refractivity contribution is 9.10. The summed E-state index contributed by atoms with van der Waals surface area (Å²) in [6.45, 7) is 5.31. The van der Waals surface area contributed by atoms with Gasteiger partial charge in [-0.2, -0.15) is 0 Å². The predicted octanol–water partition coefficient (Wildman–Crippen LogP) is 2.23. The highest BCUT2D eigenvalue weighted by atomic mass is 79.9. The van der Waals surface area contributed by atoms with Crippen LogP contribution in [0.25, 0.3) is 0 Å². The molecule has 104 valence electrons. The Hall–Kier alpha value is -1.43. The zero-order chi connectivity index (χ0) is 14.6. The summed E-state index contributed by atoms with van der Waals surface area (Å²) >= 11 is 3.00. The van der Waals surface area contributed by atoms with Gasteiger partial charge in [0.25, 0.3) is 5.91 Å². The van der Waals surface area contributed by atoms with Gasteiger partial charge in [0.05, 0.1) is 16.6 Å². The largest absolute Gasteiger partial charge is 0.350 e. The van der Waals surface area contributed by atoms with Crippen LogP contribution >= 0.6 is 15.9 Å². The van der Waals surface area contributed by atoms with Crippen molar-refractivity contribution in [1.82, 2.24) is 10.6 Å². The Labute approximate surface area is 119 Å². The lowest BCUT2D eigenvalue weighted by Crippen LogP contribution is -2.45. The molecular formula is C13H16BrFN2O2. The lowest BCUT2D eigenvalue weighted by atomic mass is 10.1. The normalized spacial score (nSPS) is 11.0. The van der Waals surface area contributed by atoms with Gasteiger partial charge in [-0.1, -0.05) is 6.07 Å². The fourth-order valence-corrected chi connectivity index (χ4v) is 1.76. The minimum absolute atomic E-state index is 0.0991. The first-order valence-electron chi connectivity index (χ1n) is 5.74. The Morgan fingerprint density at radius 1 is 1.32 bits per heavy atom. The van der Waals surface area contributed by atoms with Crippen LogP contribution in [0.2, 0.25) is 0 Å². The molecule has 1 aromatic carbocycles. The van der Waals surface area contributed by atoms with Crippen LogP contribution in [0.3, 0.4) is 0 Å². The van der Waals surface area contributed by atoms with E-state index in [1.165, 1.54) is 12.1 Å². The molecule has 19 heavy (non-hydrogen) atoms. The Balaban J connectivity index is 2.61. The first-order valence-corrected chi connectivity index (χ1v) is 6.53. The van der Waals surface area contributed by atoms with Crippen LogP contribution in [0.1, 0.15) is 31.1 Å². The third kappa shape index (κ3) is 4.98. The third-order valence-electron chi connectivity index (χ3n) is 2.12. The van der Waals surface area contributed by atoms with Gasteiger partial charge in [0.2, 0.25) is 5.91 Å². The van der Waals surface area contributed by atoms with Crippen LogP contribution in [0.15, 0.2) is 22.7 Å². The maximum absolute atomic E-state index is 13.6.